The summed E-state index contributed by atoms with van der Waals surface area (Å²) in [6, 6.07) is -0.364. The van der Waals surface area contributed by atoms with Gasteiger partial charge in [-0.3, -0.25) is 4.79 Å². The van der Waals surface area contributed by atoms with Gasteiger partial charge in [-0.25, -0.2) is 8.42 Å². The van der Waals surface area contributed by atoms with E-state index in [1.807, 2.05) is 6.92 Å². The van der Waals surface area contributed by atoms with Gasteiger partial charge in [-0.05, 0) is 25.5 Å². The lowest BCUT2D eigenvalue weighted by atomic mass is 9.83. The van der Waals surface area contributed by atoms with E-state index in [4.69, 9.17) is 0 Å². The van der Waals surface area contributed by atoms with E-state index in [-0.39, 0.29) is 23.1 Å². The summed E-state index contributed by atoms with van der Waals surface area (Å²) in [7, 11) is -3.10. The molecule has 0 saturated carbocycles. The van der Waals surface area contributed by atoms with Crippen molar-refractivity contribution in [1.29, 1.82) is 0 Å². The van der Waals surface area contributed by atoms with Gasteiger partial charge in [-0.1, -0.05) is 6.92 Å². The molecule has 2 unspecified atom stereocenters. The number of hydrogen-bond donors (Lipinski definition) is 2. The lowest BCUT2D eigenvalue weighted by Crippen LogP contribution is -2.46. The highest BCUT2D eigenvalue weighted by atomic mass is 32.2. The van der Waals surface area contributed by atoms with Gasteiger partial charge in [0.15, 0.2) is 9.84 Å². The Morgan fingerprint density at radius 3 is 2.82 bits per heavy atom. The highest BCUT2D eigenvalue weighted by Gasteiger charge is 2.40. The molecule has 0 spiro atoms. The molecule has 1 saturated heterocycles. The second-order valence-corrected chi connectivity index (χ2v) is 6.73. The van der Waals surface area contributed by atoms with Crippen LogP contribution in [-0.4, -0.2) is 39.2 Å². The Morgan fingerprint density at radius 2 is 2.35 bits per heavy atom. The van der Waals surface area contributed by atoms with Crippen LogP contribution in [0.3, 0.4) is 0 Å². The molecule has 2 N–H and O–H groups in total. The van der Waals surface area contributed by atoms with Gasteiger partial charge in [0.1, 0.15) is 0 Å². The zero-order chi connectivity index (χ0) is 12.5. The standard InChI is InChI=1S/C11H18N2O3S/c1-2-11(4-5-12-8-11)10(14)13-9-3-6-17(15,16)7-9/h3,6,9,12H,2,4-5,7-8H2,1H3,(H,13,14). The normalized spacial score (nSPS) is 35.0. The lowest BCUT2D eigenvalue weighted by Gasteiger charge is -2.26. The Balaban J connectivity index is 2.00. The number of sulfone groups is 1. The van der Waals surface area contributed by atoms with E-state index < -0.39 is 9.84 Å². The fraction of sp³-hybridized carbons (Fsp3) is 0.727. The summed E-state index contributed by atoms with van der Waals surface area (Å²) in [4.78, 5) is 12.2. The highest BCUT2D eigenvalue weighted by Crippen LogP contribution is 2.29. The van der Waals surface area contributed by atoms with Crippen LogP contribution in [0.25, 0.3) is 0 Å². The van der Waals surface area contributed by atoms with Crippen molar-refractivity contribution in [2.45, 2.75) is 25.8 Å². The molecule has 96 valence electrons. The molecule has 0 bridgehead atoms. The number of carbonyl (C=O) groups is 1. The second-order valence-electron chi connectivity index (χ2n) is 4.80. The minimum Gasteiger partial charge on any atom is -0.348 e. The molecule has 0 aromatic rings. The summed E-state index contributed by atoms with van der Waals surface area (Å²) in [5.41, 5.74) is -0.361. The Hall–Kier alpha value is -0.880. The van der Waals surface area contributed by atoms with Crippen LogP contribution in [0.4, 0.5) is 0 Å². The smallest absolute Gasteiger partial charge is 0.228 e. The topological polar surface area (TPSA) is 75.3 Å². The predicted octanol–water partition coefficient (Wildman–Crippen LogP) is -0.197. The largest absolute Gasteiger partial charge is 0.348 e. The van der Waals surface area contributed by atoms with E-state index in [9.17, 15) is 13.2 Å². The molecule has 2 aliphatic heterocycles. The molecule has 0 aromatic heterocycles. The van der Waals surface area contributed by atoms with E-state index in [1.165, 1.54) is 5.41 Å². The number of nitrogens with one attached hydrogen (secondary N) is 2. The van der Waals surface area contributed by atoms with Crippen molar-refractivity contribution in [3.05, 3.63) is 11.5 Å². The molecule has 2 atom stereocenters. The minimum absolute atomic E-state index is 0.00797. The number of hydrogen-bond acceptors (Lipinski definition) is 4. The van der Waals surface area contributed by atoms with Crippen molar-refractivity contribution in [1.82, 2.24) is 10.6 Å². The zero-order valence-electron chi connectivity index (χ0n) is 9.90. The quantitative estimate of drug-likeness (QED) is 0.735. The maximum atomic E-state index is 12.2. The fourth-order valence-electron chi connectivity index (χ4n) is 2.39. The Kier molecular flexibility index (Phi) is 3.27. The average molecular weight is 258 g/mol. The molecule has 2 heterocycles. The second kappa shape index (κ2) is 4.42. The number of rotatable bonds is 3. The van der Waals surface area contributed by atoms with Gasteiger partial charge < -0.3 is 10.6 Å². The van der Waals surface area contributed by atoms with Crippen LogP contribution in [0, 0.1) is 5.41 Å². The molecule has 5 nitrogen and oxygen atoms in total. The maximum Gasteiger partial charge on any atom is 0.228 e. The van der Waals surface area contributed by atoms with Crippen LogP contribution in [0.15, 0.2) is 11.5 Å². The number of carbonyl (C=O) groups excluding carboxylic acids is 1. The first-order valence-corrected chi connectivity index (χ1v) is 7.62. The Labute approximate surface area is 102 Å². The minimum atomic E-state index is -3.10. The van der Waals surface area contributed by atoms with Crippen LogP contribution in [0.1, 0.15) is 19.8 Å². The third kappa shape index (κ3) is 2.52. The summed E-state index contributed by atoms with van der Waals surface area (Å²) in [6.45, 7) is 3.52. The first kappa shape index (κ1) is 12.6. The Bertz CT molecular complexity index is 436. The van der Waals surface area contributed by atoms with Crippen molar-refractivity contribution in [2.75, 3.05) is 18.8 Å². The van der Waals surface area contributed by atoms with Gasteiger partial charge in [0.05, 0.1) is 17.2 Å². The summed E-state index contributed by atoms with van der Waals surface area (Å²) < 4.78 is 22.5. The summed E-state index contributed by atoms with van der Waals surface area (Å²) in [5.74, 6) is -0.0388. The van der Waals surface area contributed by atoms with Crippen molar-refractivity contribution in [3.8, 4) is 0 Å². The predicted molar refractivity (Wildman–Crippen MR) is 65.1 cm³/mol. The van der Waals surface area contributed by atoms with Gasteiger partial charge in [0.2, 0.25) is 5.91 Å². The number of amides is 1. The van der Waals surface area contributed by atoms with Gasteiger partial charge >= 0.3 is 0 Å². The molecule has 0 aliphatic carbocycles. The van der Waals surface area contributed by atoms with Gasteiger partial charge in [-0.2, -0.15) is 0 Å². The van der Waals surface area contributed by atoms with E-state index in [1.54, 1.807) is 6.08 Å². The third-order valence-corrected chi connectivity index (χ3v) is 5.04. The molecule has 0 radical (unpaired) electrons. The molecule has 1 fully saturated rings. The van der Waals surface area contributed by atoms with Crippen LogP contribution >= 0.6 is 0 Å². The van der Waals surface area contributed by atoms with Crippen molar-refractivity contribution in [3.63, 3.8) is 0 Å². The summed E-state index contributed by atoms with van der Waals surface area (Å²) in [5, 5.41) is 7.20. The van der Waals surface area contributed by atoms with Gasteiger partial charge in [0.25, 0.3) is 0 Å². The summed E-state index contributed by atoms with van der Waals surface area (Å²) in [6.07, 6.45) is 3.15. The van der Waals surface area contributed by atoms with Gasteiger partial charge in [0, 0.05) is 12.0 Å². The van der Waals surface area contributed by atoms with Crippen molar-refractivity contribution in [2.24, 2.45) is 5.41 Å². The summed E-state index contributed by atoms with van der Waals surface area (Å²) >= 11 is 0. The van der Waals surface area contributed by atoms with Crippen molar-refractivity contribution >= 4 is 15.7 Å². The van der Waals surface area contributed by atoms with Crippen LogP contribution in [0.5, 0.6) is 0 Å². The fourth-order valence-corrected chi connectivity index (χ4v) is 3.62. The third-order valence-electron chi connectivity index (χ3n) is 3.65. The zero-order valence-corrected chi connectivity index (χ0v) is 10.7. The van der Waals surface area contributed by atoms with Crippen LogP contribution in [0.2, 0.25) is 0 Å². The molecule has 17 heavy (non-hydrogen) atoms. The van der Waals surface area contributed by atoms with E-state index in [0.29, 0.717) is 6.54 Å². The average Bonchev–Trinajstić information content (AvgIpc) is 2.86. The van der Waals surface area contributed by atoms with Crippen LogP contribution < -0.4 is 10.6 Å². The van der Waals surface area contributed by atoms with Gasteiger partial charge in [-0.15, -0.1) is 0 Å². The maximum absolute atomic E-state index is 12.2. The monoisotopic (exact) mass is 258 g/mol. The molecular formula is C11H18N2O3S. The molecular weight excluding hydrogens is 240 g/mol. The van der Waals surface area contributed by atoms with E-state index in [0.717, 1.165) is 19.4 Å². The van der Waals surface area contributed by atoms with E-state index >= 15 is 0 Å². The molecule has 6 heteroatoms. The molecule has 2 aliphatic rings. The first-order chi connectivity index (χ1) is 7.97. The molecule has 0 aromatic carbocycles. The van der Waals surface area contributed by atoms with Crippen LogP contribution in [-0.2, 0) is 14.6 Å². The lowest BCUT2D eigenvalue weighted by molar-refractivity contribution is -0.130. The first-order valence-electron chi connectivity index (χ1n) is 5.90. The Morgan fingerprint density at radius 1 is 1.59 bits per heavy atom. The molecule has 1 amide bonds. The SMILES string of the molecule is CCC1(C(=O)NC2C=CS(=O)(=O)C2)CCNC1. The van der Waals surface area contributed by atoms with Crippen molar-refractivity contribution < 1.29 is 13.2 Å². The molecule has 2 rings (SSSR count). The van der Waals surface area contributed by atoms with E-state index in [2.05, 4.69) is 10.6 Å². The highest BCUT2D eigenvalue weighted by molar-refractivity contribution is 7.94.